The van der Waals surface area contributed by atoms with E-state index in [2.05, 4.69) is 11.9 Å². The van der Waals surface area contributed by atoms with Crippen molar-refractivity contribution < 1.29 is 27.4 Å². The molecule has 0 heterocycles. The second-order valence-electron chi connectivity index (χ2n) is 4.66. The molecule has 0 bridgehead atoms. The lowest BCUT2D eigenvalue weighted by Crippen LogP contribution is -2.15. The molecule has 0 aromatic heterocycles. The molecule has 0 amide bonds. The van der Waals surface area contributed by atoms with Gasteiger partial charge in [-0.15, -0.1) is 0 Å². The van der Waals surface area contributed by atoms with Crippen LogP contribution in [0, 0.1) is 5.39 Å². The molecule has 0 unspecified atom stereocenters. The number of carbonyl (C=O) groups is 1. The fourth-order valence-electron chi connectivity index (χ4n) is 1.70. The van der Waals surface area contributed by atoms with Gasteiger partial charge in [0.1, 0.15) is 4.98 Å². The zero-order valence-electron chi connectivity index (χ0n) is 12.3. The number of hydrogen-bond donors (Lipinski definition) is 2. The van der Waals surface area contributed by atoms with Gasteiger partial charge in [0.15, 0.2) is 0 Å². The predicted octanol–water partition coefficient (Wildman–Crippen LogP) is 2.83. The van der Waals surface area contributed by atoms with Gasteiger partial charge in [-0.2, -0.15) is 0 Å². The molecule has 0 aliphatic heterocycles. The van der Waals surface area contributed by atoms with Crippen LogP contribution < -0.4 is 0 Å². The molecule has 9 heteroatoms. The van der Waals surface area contributed by atoms with Gasteiger partial charge in [0, 0.05) is 6.42 Å². The fourth-order valence-corrected chi connectivity index (χ4v) is 1.70. The molecular formula is C12H24N2O6S. The number of diazo groups is 1. The lowest BCUT2D eigenvalue weighted by Gasteiger charge is -2.00. The minimum Gasteiger partial charge on any atom is -0.726 e. The van der Waals surface area contributed by atoms with E-state index in [0.29, 0.717) is 6.42 Å². The van der Waals surface area contributed by atoms with Crippen molar-refractivity contribution in [3.8, 4) is 0 Å². The van der Waals surface area contributed by atoms with Crippen LogP contribution in [0.4, 0.5) is 0 Å². The summed E-state index contributed by atoms with van der Waals surface area (Å²) in [7, 11) is -4.92. The van der Waals surface area contributed by atoms with E-state index in [9.17, 15) is 4.79 Å². The van der Waals surface area contributed by atoms with Crippen LogP contribution in [0.1, 0.15) is 64.7 Å². The first kappa shape index (κ1) is 22.0. The van der Waals surface area contributed by atoms with Crippen LogP contribution in [0.5, 0.6) is 0 Å². The van der Waals surface area contributed by atoms with Crippen LogP contribution in [0.3, 0.4) is 0 Å². The third kappa shape index (κ3) is 24.2. The Kier molecular flexibility index (Phi) is 14.4. The number of nitrogens with zero attached hydrogens (tertiary/aromatic N) is 2. The molecule has 0 fully saturated rings. The maximum Gasteiger partial charge on any atom is 0.408 e. The van der Waals surface area contributed by atoms with Crippen molar-refractivity contribution in [1.29, 1.82) is 5.39 Å². The Morgan fingerprint density at radius 2 is 1.52 bits per heavy atom. The van der Waals surface area contributed by atoms with Crippen LogP contribution in [0.2, 0.25) is 0 Å². The molecule has 8 nitrogen and oxygen atoms in total. The first-order chi connectivity index (χ1) is 9.72. The first-order valence-electron chi connectivity index (χ1n) is 6.97. The Morgan fingerprint density at radius 1 is 1.14 bits per heavy atom. The minimum absolute atomic E-state index is 0.445. The van der Waals surface area contributed by atoms with E-state index in [4.69, 9.17) is 28.0 Å². The van der Waals surface area contributed by atoms with Crippen LogP contribution >= 0.6 is 0 Å². The lowest BCUT2D eigenvalue weighted by molar-refractivity contribution is -0.137. The summed E-state index contributed by atoms with van der Waals surface area (Å²) in [5.74, 6) is -1.04. The van der Waals surface area contributed by atoms with E-state index in [-0.39, 0.29) is 0 Å². The smallest absolute Gasteiger partial charge is 0.408 e. The molecule has 21 heavy (non-hydrogen) atoms. The molecular weight excluding hydrogens is 300 g/mol. The molecule has 0 aliphatic carbocycles. The molecule has 0 radical (unpaired) electrons. The van der Waals surface area contributed by atoms with Crippen molar-refractivity contribution in [2.75, 3.05) is 0 Å². The summed E-state index contributed by atoms with van der Waals surface area (Å²) in [6.45, 7) is 2.20. The van der Waals surface area contributed by atoms with Crippen molar-refractivity contribution >= 4 is 16.4 Å². The molecule has 0 aliphatic rings. The second-order valence-corrected chi connectivity index (χ2v) is 5.52. The number of rotatable bonds is 10. The summed E-state index contributed by atoms with van der Waals surface area (Å²) in [6, 6.07) is -0.930. The molecule has 0 saturated carbocycles. The molecule has 0 aromatic rings. The third-order valence-electron chi connectivity index (χ3n) is 2.76. The maximum absolute atomic E-state index is 10.5. The van der Waals surface area contributed by atoms with E-state index in [0.717, 1.165) is 19.3 Å². The van der Waals surface area contributed by atoms with Crippen molar-refractivity contribution in [2.24, 2.45) is 0 Å². The Balaban J connectivity index is 0. The van der Waals surface area contributed by atoms with E-state index < -0.39 is 22.4 Å². The van der Waals surface area contributed by atoms with E-state index in [1.807, 2.05) is 0 Å². The Hall–Kier alpha value is -1.24. The summed E-state index contributed by atoms with van der Waals surface area (Å²) in [5, 5.41) is 17.1. The number of aliphatic carboxylic acids is 1. The van der Waals surface area contributed by atoms with Crippen LogP contribution in [0.15, 0.2) is 0 Å². The summed E-state index contributed by atoms with van der Waals surface area (Å²) >= 11 is 0. The maximum atomic E-state index is 10.5. The summed E-state index contributed by atoms with van der Waals surface area (Å²) in [5.41, 5.74) is 0. The third-order valence-corrected chi connectivity index (χ3v) is 2.76. The lowest BCUT2D eigenvalue weighted by atomic mass is 10.1. The molecule has 0 rings (SSSR count). The van der Waals surface area contributed by atoms with Gasteiger partial charge in [-0.25, -0.2) is 13.2 Å². The van der Waals surface area contributed by atoms with E-state index in [1.165, 1.54) is 32.1 Å². The van der Waals surface area contributed by atoms with Gasteiger partial charge in [-0.3, -0.25) is 4.55 Å². The standard InChI is InChI=1S/C12H22N2O2.H2O4S/c1-2-3-4-5-6-7-8-9-10-11(14-13)12(15)16;1-5(2,3)4/h11H,2-10H2,1H3;(H2,1,2,3,4)/t11-;/m1./s1. The number of carboxylic acid groups (broad SMARTS) is 1. The van der Waals surface area contributed by atoms with Gasteiger partial charge >= 0.3 is 12.0 Å². The molecule has 124 valence electrons. The molecule has 0 spiro atoms. The highest BCUT2D eigenvalue weighted by atomic mass is 32.3. The van der Waals surface area contributed by atoms with Crippen LogP contribution in [-0.2, 0) is 15.2 Å². The zero-order valence-corrected chi connectivity index (χ0v) is 13.1. The Bertz CT molecular complexity index is 396. The van der Waals surface area contributed by atoms with Gasteiger partial charge in [0.25, 0.3) is 0 Å². The highest BCUT2D eigenvalue weighted by molar-refractivity contribution is 7.79. The van der Waals surface area contributed by atoms with E-state index >= 15 is 0 Å². The monoisotopic (exact) mass is 324 g/mol. The fraction of sp³-hybridized carbons (Fsp3) is 0.917. The quantitative estimate of drug-likeness (QED) is 0.272. The normalized spacial score (nSPS) is 11.9. The Morgan fingerprint density at radius 3 is 1.86 bits per heavy atom. The van der Waals surface area contributed by atoms with Gasteiger partial charge in [-0.1, -0.05) is 51.9 Å². The topological polar surface area (TPSA) is 143 Å². The van der Waals surface area contributed by atoms with Crippen molar-refractivity contribution in [3.05, 3.63) is 4.98 Å². The van der Waals surface area contributed by atoms with E-state index in [1.54, 1.807) is 0 Å². The average molecular weight is 324 g/mol. The summed E-state index contributed by atoms with van der Waals surface area (Å²) in [4.78, 5) is 13.4. The summed E-state index contributed by atoms with van der Waals surface area (Å²) < 4.78 is 32.8. The number of hydrogen-bond acceptors (Lipinski definition) is 5. The summed E-state index contributed by atoms with van der Waals surface area (Å²) in [6.07, 6.45) is 9.85. The van der Waals surface area contributed by atoms with Gasteiger partial charge < -0.3 is 9.66 Å². The van der Waals surface area contributed by atoms with Crippen LogP contribution in [0.25, 0.3) is 4.98 Å². The highest BCUT2D eigenvalue weighted by Gasteiger charge is 2.28. The molecule has 0 saturated heterocycles. The number of unbranched alkanes of at least 4 members (excludes halogenated alkanes) is 7. The van der Waals surface area contributed by atoms with Gasteiger partial charge in [-0.05, 0) is 6.42 Å². The van der Waals surface area contributed by atoms with Gasteiger partial charge in [0.2, 0.25) is 15.8 Å². The second kappa shape index (κ2) is 13.7. The van der Waals surface area contributed by atoms with Gasteiger partial charge in [0.05, 0.1) is 0 Å². The Labute approximate surface area is 125 Å². The first-order valence-corrected chi connectivity index (χ1v) is 8.34. The molecule has 1 atom stereocenters. The molecule has 0 aromatic carbocycles. The largest absolute Gasteiger partial charge is 0.726 e. The zero-order chi connectivity index (χ0) is 16.7. The SMILES string of the molecule is CCCCCCCCCC[C@@H]([N+]#N)C(=O)O.O=S(=O)([O-])O. The average Bonchev–Trinajstić information content (AvgIpc) is 2.34. The van der Waals surface area contributed by atoms with Crippen molar-refractivity contribution in [2.45, 2.75) is 70.8 Å². The number of carboxylic acids is 1. The predicted molar refractivity (Wildman–Crippen MR) is 76.1 cm³/mol. The van der Waals surface area contributed by atoms with Crippen molar-refractivity contribution in [3.63, 3.8) is 0 Å². The molecule has 2 N–H and O–H groups in total. The minimum atomic E-state index is -4.92. The van der Waals surface area contributed by atoms with Crippen LogP contribution in [-0.4, -0.2) is 34.6 Å². The van der Waals surface area contributed by atoms with Crippen molar-refractivity contribution in [1.82, 2.24) is 0 Å². The highest BCUT2D eigenvalue weighted by Crippen LogP contribution is 2.11.